The lowest BCUT2D eigenvalue weighted by molar-refractivity contribution is -0.143. The summed E-state index contributed by atoms with van der Waals surface area (Å²) in [6, 6.07) is 13.5. The Kier molecular flexibility index (Phi) is 19.8. The fourth-order valence-electron chi connectivity index (χ4n) is 10.1. The fourth-order valence-corrected chi connectivity index (χ4v) is 13.9. The molecule has 3 heterocycles. The fraction of sp³-hybridized carbons (Fsp3) is 0.547. The Labute approximate surface area is 444 Å². The summed E-state index contributed by atoms with van der Waals surface area (Å²) in [7, 11) is 3.61. The van der Waals surface area contributed by atoms with Crippen LogP contribution in [0.1, 0.15) is 90.4 Å². The zero-order chi connectivity index (χ0) is 52.3. The highest BCUT2D eigenvalue weighted by Gasteiger charge is 2.57. The molecule has 1 unspecified atom stereocenters. The summed E-state index contributed by atoms with van der Waals surface area (Å²) in [5.41, 5.74) is 0.0173. The van der Waals surface area contributed by atoms with Gasteiger partial charge >= 0.3 is 0 Å². The molecule has 2 aromatic carbocycles. The summed E-state index contributed by atoms with van der Waals surface area (Å²) in [5, 5.41) is 24.1. The SMILES string of the molecule is CN[C@@H](C)C(=S)N[C@H]1CCS[C@H]2CC(C)(C)[C@@H](C(=O)N[C@H](C(=O)NCC#CC#CCNC(=O)[C@@H](NC(=O)[C@H]3N4C(=O)[C@@H](NC(=S)[C@H](C)NC)CCS[C@H]4CC3(C)C)c3ccccc3)c3ccccc3)C2C1=O. The predicted molar refractivity (Wildman–Crippen MR) is 293 cm³/mol. The van der Waals surface area contributed by atoms with E-state index in [2.05, 4.69) is 66.2 Å². The first kappa shape index (κ1) is 56.3. The summed E-state index contributed by atoms with van der Waals surface area (Å²) >= 11 is 14.5. The van der Waals surface area contributed by atoms with Crippen LogP contribution in [0, 0.1) is 46.3 Å². The molecule has 8 N–H and O–H groups in total. The minimum absolute atomic E-state index is 0.0305. The molecule has 4 aliphatic rings. The Morgan fingerprint density at radius 3 is 1.71 bits per heavy atom. The van der Waals surface area contributed by atoms with Gasteiger partial charge in [-0.15, -0.1) is 11.8 Å². The number of carbonyl (C=O) groups excluding carboxylic acids is 6. The van der Waals surface area contributed by atoms with E-state index in [1.807, 2.05) is 60.7 Å². The van der Waals surface area contributed by atoms with E-state index in [9.17, 15) is 28.8 Å². The minimum Gasteiger partial charge on any atom is -0.369 e. The molecule has 0 radical (unpaired) electrons. The summed E-state index contributed by atoms with van der Waals surface area (Å²) < 4.78 is 0. The van der Waals surface area contributed by atoms with E-state index in [0.29, 0.717) is 52.5 Å². The number of Topliss-reactive ketones (excluding diaryl/α,β-unsaturated/α-hetero) is 1. The quantitative estimate of drug-likeness (QED) is 0.0897. The second kappa shape index (κ2) is 25.3. The lowest BCUT2D eigenvalue weighted by Gasteiger charge is -2.35. The Bertz CT molecular complexity index is 2300. The predicted octanol–water partition coefficient (Wildman–Crippen LogP) is 3.55. The first-order valence-electron chi connectivity index (χ1n) is 24.6. The van der Waals surface area contributed by atoms with E-state index in [0.717, 1.165) is 5.75 Å². The van der Waals surface area contributed by atoms with Gasteiger partial charge in [-0.3, -0.25) is 28.8 Å². The van der Waals surface area contributed by atoms with Crippen LogP contribution in [0.3, 0.4) is 0 Å². The van der Waals surface area contributed by atoms with Crippen LogP contribution in [0.15, 0.2) is 60.7 Å². The highest BCUT2D eigenvalue weighted by molar-refractivity contribution is 8.00. The normalized spacial score (nSPS) is 25.6. The van der Waals surface area contributed by atoms with Crippen molar-refractivity contribution in [2.45, 2.75) is 120 Å². The highest BCUT2D eigenvalue weighted by Crippen LogP contribution is 2.53. The summed E-state index contributed by atoms with van der Waals surface area (Å²) in [6.45, 7) is 11.6. The van der Waals surface area contributed by atoms with Crippen molar-refractivity contribution in [3.05, 3.63) is 71.8 Å². The van der Waals surface area contributed by atoms with Crippen molar-refractivity contribution < 1.29 is 28.8 Å². The zero-order valence-corrected chi connectivity index (χ0v) is 45.6. The van der Waals surface area contributed by atoms with E-state index in [-0.39, 0.29) is 53.4 Å². The number of thioether (sulfide) groups is 2. The topological polar surface area (TPSA) is 202 Å². The number of hydrogen-bond donors (Lipinski definition) is 8. The number of thiocarbonyl (C=S) groups is 2. The molecule has 11 atom stereocenters. The molecule has 1 saturated carbocycles. The van der Waals surface area contributed by atoms with Gasteiger partial charge in [-0.2, -0.15) is 11.8 Å². The summed E-state index contributed by atoms with van der Waals surface area (Å²) in [5.74, 6) is 9.29. The van der Waals surface area contributed by atoms with E-state index in [4.69, 9.17) is 24.4 Å². The van der Waals surface area contributed by atoms with Crippen molar-refractivity contribution in [2.24, 2.45) is 22.7 Å². The molecule has 0 aromatic heterocycles. The van der Waals surface area contributed by atoms with Gasteiger partial charge in [0.15, 0.2) is 5.78 Å². The van der Waals surface area contributed by atoms with Gasteiger partial charge in [-0.1, -0.05) is 125 Å². The Hall–Kier alpha value is -5.02. The van der Waals surface area contributed by atoms with Crippen molar-refractivity contribution in [2.75, 3.05) is 38.7 Å². The van der Waals surface area contributed by atoms with Gasteiger partial charge in [0.2, 0.25) is 29.5 Å². The lowest BCUT2D eigenvalue weighted by Crippen LogP contribution is -2.58. The molecule has 1 aliphatic carbocycles. The van der Waals surface area contributed by atoms with E-state index in [1.54, 1.807) is 84.0 Å². The lowest BCUT2D eigenvalue weighted by atomic mass is 9.75. The summed E-state index contributed by atoms with van der Waals surface area (Å²) in [6.07, 6.45) is 2.44. The average molecular weight is 1060 g/mol. The number of rotatable bonds is 16. The van der Waals surface area contributed by atoms with E-state index in [1.165, 1.54) is 0 Å². The van der Waals surface area contributed by atoms with Gasteiger partial charge in [0.25, 0.3) is 0 Å². The van der Waals surface area contributed by atoms with Crippen molar-refractivity contribution in [3.63, 3.8) is 0 Å². The third-order valence-corrected chi connectivity index (χ3v) is 17.7. The summed E-state index contributed by atoms with van der Waals surface area (Å²) in [4.78, 5) is 87.8. The maximum Gasteiger partial charge on any atom is 0.247 e. The molecule has 0 bridgehead atoms. The molecule has 2 aromatic rings. The zero-order valence-electron chi connectivity index (χ0n) is 42.3. The second-order valence-electron chi connectivity index (χ2n) is 20.1. The van der Waals surface area contributed by atoms with Gasteiger partial charge in [0.1, 0.15) is 24.2 Å². The third kappa shape index (κ3) is 13.6. The van der Waals surface area contributed by atoms with Crippen LogP contribution < -0.4 is 42.5 Å². The highest BCUT2D eigenvalue weighted by atomic mass is 32.2. The first-order chi connectivity index (χ1) is 34.3. The number of carbonyl (C=O) groups is 6. The van der Waals surface area contributed by atoms with Gasteiger partial charge in [0.05, 0.1) is 52.5 Å². The van der Waals surface area contributed by atoms with Crippen LogP contribution in [0.4, 0.5) is 0 Å². The molecule has 0 spiro atoms. The van der Waals surface area contributed by atoms with Crippen LogP contribution >= 0.6 is 48.0 Å². The van der Waals surface area contributed by atoms with Crippen LogP contribution in [-0.4, -0.2) is 130 Å². The molecule has 19 heteroatoms. The van der Waals surface area contributed by atoms with Crippen LogP contribution in [-0.2, 0) is 28.8 Å². The van der Waals surface area contributed by atoms with Crippen LogP contribution in [0.25, 0.3) is 0 Å². The van der Waals surface area contributed by atoms with Crippen molar-refractivity contribution in [1.29, 1.82) is 0 Å². The number of benzene rings is 2. The van der Waals surface area contributed by atoms with Crippen molar-refractivity contribution in [3.8, 4) is 23.7 Å². The smallest absolute Gasteiger partial charge is 0.247 e. The molecular weight excluding hydrogens is 987 g/mol. The van der Waals surface area contributed by atoms with Gasteiger partial charge < -0.3 is 47.4 Å². The number of fused-ring (bicyclic) bond motifs is 2. The largest absolute Gasteiger partial charge is 0.369 e. The average Bonchev–Trinajstić information content (AvgIpc) is 3.68. The minimum atomic E-state index is -1.08. The molecule has 15 nitrogen and oxygen atoms in total. The van der Waals surface area contributed by atoms with Crippen LogP contribution in [0.5, 0.6) is 0 Å². The Morgan fingerprint density at radius 1 is 0.694 bits per heavy atom. The number of likely N-dealkylation sites (N-methyl/N-ethyl adjacent to an activating group) is 2. The number of nitrogens with zero attached hydrogens (tertiary/aromatic N) is 1. The monoisotopic (exact) mass is 1060 g/mol. The molecule has 72 heavy (non-hydrogen) atoms. The maximum absolute atomic E-state index is 14.4. The molecule has 5 amide bonds. The molecule has 6 rings (SSSR count). The number of hydrogen-bond acceptors (Lipinski definition) is 12. The van der Waals surface area contributed by atoms with Gasteiger partial charge in [-0.25, -0.2) is 0 Å². The van der Waals surface area contributed by atoms with Gasteiger partial charge in [0, 0.05) is 11.2 Å². The molecular formula is C53H69N9O6S4. The second-order valence-corrected chi connectivity index (χ2v) is 23.7. The Morgan fingerprint density at radius 2 is 1.18 bits per heavy atom. The molecule has 386 valence electrons. The number of nitrogens with one attached hydrogen (secondary N) is 8. The van der Waals surface area contributed by atoms with Crippen LogP contribution in [0.2, 0.25) is 0 Å². The van der Waals surface area contributed by atoms with Crippen molar-refractivity contribution in [1.82, 2.24) is 47.4 Å². The number of amides is 5. The molecule has 3 aliphatic heterocycles. The first-order valence-corrected chi connectivity index (χ1v) is 27.5. The standard InChI is InChI=1S/C53H69N9O6S4/c1-31(54-7)49(69)58-35-23-27-71-37-29-52(3,4)40(39(37)43(35)63)45(64)60-41(33-19-13-11-14-20-33)46(65)56-25-17-9-10-18-26-57-47(66)42(34-21-15-12-16-22-34)61-48(67)44-53(5,6)30-38-62(44)51(68)36(24-28-72-38)59-50(70)32(2)55-8/h11-16,19-22,31-32,35-42,44,54-55H,23-30H2,1-8H3,(H,56,65)(H,57,66)(H,58,69)(H,59,70)(H,60,64)(H,61,67)/t31-,32-,35-,36-,37-,38-,39?,40+,41-,42-,44+/m0/s1. The Balaban J connectivity index is 1.08. The maximum atomic E-state index is 14.4. The van der Waals surface area contributed by atoms with E-state index < -0.39 is 70.6 Å². The third-order valence-electron chi connectivity index (χ3n) is 14.2. The van der Waals surface area contributed by atoms with E-state index >= 15 is 0 Å². The number of ketones is 1. The molecule has 3 saturated heterocycles. The molecule has 4 fully saturated rings. The van der Waals surface area contributed by atoms with Crippen molar-refractivity contribution >= 4 is 93.3 Å². The van der Waals surface area contributed by atoms with Gasteiger partial charge in [-0.05, 0) is 98.9 Å².